The summed E-state index contributed by atoms with van der Waals surface area (Å²) in [6, 6.07) is 5.28. The second kappa shape index (κ2) is 6.11. The van der Waals surface area contributed by atoms with Gasteiger partial charge in [0.25, 0.3) is 0 Å². The van der Waals surface area contributed by atoms with Crippen molar-refractivity contribution in [3.8, 4) is 0 Å². The second-order valence-electron chi connectivity index (χ2n) is 5.30. The van der Waals surface area contributed by atoms with Gasteiger partial charge >= 0.3 is 5.97 Å². The molecule has 7 heteroatoms. The van der Waals surface area contributed by atoms with Gasteiger partial charge in [-0.3, -0.25) is 9.69 Å². The molecule has 21 heavy (non-hydrogen) atoms. The summed E-state index contributed by atoms with van der Waals surface area (Å²) in [7, 11) is -3.24. The predicted octanol–water partition coefficient (Wildman–Crippen LogP) is 1.46. The zero-order chi connectivity index (χ0) is 15.6. The largest absolute Gasteiger partial charge is 0.481 e. The van der Waals surface area contributed by atoms with E-state index in [4.69, 9.17) is 5.11 Å². The molecule has 1 heterocycles. The molecule has 2 rings (SSSR count). The van der Waals surface area contributed by atoms with E-state index in [2.05, 4.69) is 0 Å². The number of aliphatic carboxylic acids is 1. The van der Waals surface area contributed by atoms with Gasteiger partial charge in [-0.1, -0.05) is 18.2 Å². The molecule has 1 fully saturated rings. The minimum absolute atomic E-state index is 0.0259. The molecule has 1 aromatic carbocycles. The first-order chi connectivity index (χ1) is 9.80. The standard InChI is InChI=1S/C14H18FNO4S/c1-10(12-4-2-3-5-13(12)15)16-6-7-21(19,20)9-11(16)8-14(17)18/h2-5,10-11H,6-9H2,1H3,(H,17,18). The number of rotatable bonds is 4. The van der Waals surface area contributed by atoms with Crippen LogP contribution in [0.3, 0.4) is 0 Å². The molecule has 0 aromatic heterocycles. The van der Waals surface area contributed by atoms with E-state index in [0.717, 1.165) is 0 Å². The predicted molar refractivity (Wildman–Crippen MR) is 76.2 cm³/mol. The Bertz CT molecular complexity index is 632. The van der Waals surface area contributed by atoms with E-state index >= 15 is 0 Å². The molecule has 1 aliphatic rings. The van der Waals surface area contributed by atoms with Gasteiger partial charge in [0.15, 0.2) is 9.84 Å². The quantitative estimate of drug-likeness (QED) is 0.910. The Hall–Kier alpha value is -1.47. The monoisotopic (exact) mass is 315 g/mol. The first kappa shape index (κ1) is 15.9. The van der Waals surface area contributed by atoms with Gasteiger partial charge in [0, 0.05) is 24.2 Å². The SMILES string of the molecule is CC(c1ccccc1F)N1CCS(=O)(=O)CC1CC(=O)O. The number of carbonyl (C=O) groups is 1. The second-order valence-corrected chi connectivity index (χ2v) is 7.53. The van der Waals surface area contributed by atoms with Crippen molar-refractivity contribution in [3.63, 3.8) is 0 Å². The summed E-state index contributed by atoms with van der Waals surface area (Å²) in [6.07, 6.45) is -0.266. The van der Waals surface area contributed by atoms with Gasteiger partial charge in [0.2, 0.25) is 0 Å². The molecule has 5 nitrogen and oxygen atoms in total. The van der Waals surface area contributed by atoms with E-state index in [1.165, 1.54) is 6.07 Å². The van der Waals surface area contributed by atoms with Crippen LogP contribution in [0.4, 0.5) is 4.39 Å². The molecule has 1 aliphatic heterocycles. The lowest BCUT2D eigenvalue weighted by Crippen LogP contribution is -2.50. The van der Waals surface area contributed by atoms with E-state index < -0.39 is 21.8 Å². The van der Waals surface area contributed by atoms with Crippen LogP contribution in [-0.4, -0.2) is 48.5 Å². The highest BCUT2D eigenvalue weighted by atomic mass is 32.2. The highest BCUT2D eigenvalue weighted by Gasteiger charge is 2.36. The maximum atomic E-state index is 13.9. The Morgan fingerprint density at radius 3 is 2.76 bits per heavy atom. The van der Waals surface area contributed by atoms with Crippen molar-refractivity contribution in [1.29, 1.82) is 0 Å². The molecule has 2 unspecified atom stereocenters. The van der Waals surface area contributed by atoms with Crippen LogP contribution in [0.15, 0.2) is 24.3 Å². The van der Waals surface area contributed by atoms with Gasteiger partial charge in [0.05, 0.1) is 17.9 Å². The summed E-state index contributed by atoms with van der Waals surface area (Å²) in [6.45, 7) is 1.99. The van der Waals surface area contributed by atoms with Crippen LogP contribution in [0.5, 0.6) is 0 Å². The average Bonchev–Trinajstić information content (AvgIpc) is 2.37. The maximum absolute atomic E-state index is 13.9. The fourth-order valence-corrected chi connectivity index (χ4v) is 4.33. The van der Waals surface area contributed by atoms with Gasteiger partial charge in [-0.25, -0.2) is 12.8 Å². The number of benzene rings is 1. The Morgan fingerprint density at radius 2 is 2.14 bits per heavy atom. The molecule has 1 aromatic rings. The van der Waals surface area contributed by atoms with Crippen molar-refractivity contribution < 1.29 is 22.7 Å². The summed E-state index contributed by atoms with van der Waals surface area (Å²) in [5.41, 5.74) is 0.451. The van der Waals surface area contributed by atoms with Crippen molar-refractivity contribution in [2.24, 2.45) is 0 Å². The molecular formula is C14H18FNO4S. The molecule has 2 atom stereocenters. The van der Waals surface area contributed by atoms with Gasteiger partial charge in [-0.15, -0.1) is 0 Å². The normalized spacial score (nSPS) is 23.6. The molecule has 0 saturated carbocycles. The Balaban J connectivity index is 2.27. The molecule has 0 spiro atoms. The zero-order valence-corrected chi connectivity index (χ0v) is 12.5. The molecule has 0 radical (unpaired) electrons. The Kier molecular flexibility index (Phi) is 4.63. The molecule has 0 amide bonds. The molecular weight excluding hydrogens is 297 g/mol. The van der Waals surface area contributed by atoms with Gasteiger partial charge in [-0.2, -0.15) is 0 Å². The minimum atomic E-state index is -3.24. The van der Waals surface area contributed by atoms with Crippen LogP contribution in [0.1, 0.15) is 24.9 Å². The molecule has 0 bridgehead atoms. The minimum Gasteiger partial charge on any atom is -0.481 e. The number of nitrogens with zero attached hydrogens (tertiary/aromatic N) is 1. The van der Waals surface area contributed by atoms with E-state index in [9.17, 15) is 17.6 Å². The van der Waals surface area contributed by atoms with Crippen molar-refractivity contribution >= 4 is 15.8 Å². The smallest absolute Gasteiger partial charge is 0.304 e. The van der Waals surface area contributed by atoms with Crippen LogP contribution in [0.25, 0.3) is 0 Å². The van der Waals surface area contributed by atoms with Gasteiger partial charge in [0.1, 0.15) is 5.82 Å². The van der Waals surface area contributed by atoms with E-state index in [0.29, 0.717) is 5.56 Å². The highest BCUT2D eigenvalue weighted by molar-refractivity contribution is 7.91. The van der Waals surface area contributed by atoms with Crippen molar-refractivity contribution in [2.75, 3.05) is 18.1 Å². The summed E-state index contributed by atoms with van der Waals surface area (Å²) in [4.78, 5) is 12.7. The van der Waals surface area contributed by atoms with Gasteiger partial charge in [-0.05, 0) is 13.0 Å². The fourth-order valence-electron chi connectivity index (χ4n) is 2.78. The third-order valence-electron chi connectivity index (χ3n) is 3.84. The number of carboxylic acid groups (broad SMARTS) is 1. The summed E-state index contributed by atoms with van der Waals surface area (Å²) >= 11 is 0. The maximum Gasteiger partial charge on any atom is 0.304 e. The van der Waals surface area contributed by atoms with E-state index in [1.54, 1.807) is 30.0 Å². The van der Waals surface area contributed by atoms with E-state index in [-0.39, 0.29) is 36.3 Å². The van der Waals surface area contributed by atoms with Gasteiger partial charge < -0.3 is 5.11 Å². The van der Waals surface area contributed by atoms with Crippen molar-refractivity contribution in [3.05, 3.63) is 35.6 Å². The lowest BCUT2D eigenvalue weighted by Gasteiger charge is -2.39. The zero-order valence-electron chi connectivity index (χ0n) is 11.7. The number of sulfone groups is 1. The third-order valence-corrected chi connectivity index (χ3v) is 5.54. The average molecular weight is 315 g/mol. The van der Waals surface area contributed by atoms with Crippen LogP contribution < -0.4 is 0 Å². The topological polar surface area (TPSA) is 74.7 Å². The first-order valence-corrected chi connectivity index (χ1v) is 8.54. The van der Waals surface area contributed by atoms with Crippen LogP contribution in [-0.2, 0) is 14.6 Å². The molecule has 1 N–H and O–H groups in total. The lowest BCUT2D eigenvalue weighted by molar-refractivity contribution is -0.138. The molecule has 116 valence electrons. The number of hydrogen-bond donors (Lipinski definition) is 1. The van der Waals surface area contributed by atoms with Crippen LogP contribution in [0.2, 0.25) is 0 Å². The fraction of sp³-hybridized carbons (Fsp3) is 0.500. The van der Waals surface area contributed by atoms with E-state index in [1.807, 2.05) is 0 Å². The third kappa shape index (κ3) is 3.79. The van der Waals surface area contributed by atoms with Crippen LogP contribution in [0, 0.1) is 5.82 Å². The summed E-state index contributed by atoms with van der Waals surface area (Å²) in [5.74, 6) is -1.64. The Morgan fingerprint density at radius 1 is 1.48 bits per heavy atom. The number of halogens is 1. The Labute approximate surface area is 123 Å². The number of carboxylic acids is 1. The van der Waals surface area contributed by atoms with Crippen molar-refractivity contribution in [1.82, 2.24) is 4.90 Å². The lowest BCUT2D eigenvalue weighted by atomic mass is 10.0. The van der Waals surface area contributed by atoms with Crippen molar-refractivity contribution in [2.45, 2.75) is 25.4 Å². The molecule has 1 saturated heterocycles. The number of hydrogen-bond acceptors (Lipinski definition) is 4. The first-order valence-electron chi connectivity index (χ1n) is 6.72. The van der Waals surface area contributed by atoms with Crippen LogP contribution >= 0.6 is 0 Å². The molecule has 0 aliphatic carbocycles. The highest BCUT2D eigenvalue weighted by Crippen LogP contribution is 2.28. The summed E-state index contributed by atoms with van der Waals surface area (Å²) < 4.78 is 37.3. The summed E-state index contributed by atoms with van der Waals surface area (Å²) in [5, 5.41) is 8.97.